The molecule has 1 aromatic heterocycles. The van der Waals surface area contributed by atoms with Gasteiger partial charge in [0, 0.05) is 44.0 Å². The Morgan fingerprint density at radius 1 is 1.10 bits per heavy atom. The fraction of sp³-hybridized carbons (Fsp3) is 0.464. The summed E-state index contributed by atoms with van der Waals surface area (Å²) in [5, 5.41) is 11.1. The van der Waals surface area contributed by atoms with Crippen molar-refractivity contribution < 1.29 is 22.8 Å². The minimum absolute atomic E-state index is 0.0470. The molecular weight excluding hydrogens is 509 g/mol. The second-order valence-electron chi connectivity index (χ2n) is 10.0. The number of benzene rings is 2. The second-order valence-corrected chi connectivity index (χ2v) is 10.0. The van der Waals surface area contributed by atoms with Crippen LogP contribution in [0.3, 0.4) is 0 Å². The van der Waals surface area contributed by atoms with Gasteiger partial charge in [-0.25, -0.2) is 18.2 Å². The number of aromatic nitrogens is 2. The molecule has 11 heteroatoms. The fourth-order valence-electron chi connectivity index (χ4n) is 4.83. The number of halogens is 3. The van der Waals surface area contributed by atoms with E-state index in [1.165, 1.54) is 21.8 Å². The molecule has 2 amide bonds. The van der Waals surface area contributed by atoms with E-state index < -0.39 is 13.0 Å². The van der Waals surface area contributed by atoms with E-state index in [9.17, 15) is 22.8 Å². The molecule has 0 aliphatic carbocycles. The first-order valence-electron chi connectivity index (χ1n) is 13.2. The van der Waals surface area contributed by atoms with E-state index in [0.717, 1.165) is 36.0 Å². The van der Waals surface area contributed by atoms with Crippen LogP contribution in [0.1, 0.15) is 42.9 Å². The van der Waals surface area contributed by atoms with E-state index in [-0.39, 0.29) is 30.7 Å². The van der Waals surface area contributed by atoms with Crippen molar-refractivity contribution >= 4 is 28.4 Å². The maximum absolute atomic E-state index is 13.7. The highest BCUT2D eigenvalue weighted by atomic mass is 19.3. The van der Waals surface area contributed by atoms with Crippen LogP contribution in [-0.4, -0.2) is 64.7 Å². The minimum atomic E-state index is -2.53. The van der Waals surface area contributed by atoms with Gasteiger partial charge >= 0.3 is 0 Å². The number of nitrogens with zero attached hydrogens (tertiary/aromatic N) is 5. The zero-order valence-electron chi connectivity index (χ0n) is 22.6. The summed E-state index contributed by atoms with van der Waals surface area (Å²) in [6.45, 7) is 4.71. The smallest absolute Gasteiger partial charge is 0.257 e. The van der Waals surface area contributed by atoms with E-state index in [2.05, 4.69) is 17.3 Å². The molecule has 0 saturated heterocycles. The Morgan fingerprint density at radius 3 is 2.62 bits per heavy atom. The van der Waals surface area contributed by atoms with Crippen molar-refractivity contribution in [1.29, 1.82) is 0 Å². The summed E-state index contributed by atoms with van der Waals surface area (Å²) in [6.07, 6.45) is 1.92. The summed E-state index contributed by atoms with van der Waals surface area (Å²) in [4.78, 5) is 28.0. The molecule has 4 rings (SSSR count). The van der Waals surface area contributed by atoms with Crippen LogP contribution in [0.15, 0.2) is 36.5 Å². The van der Waals surface area contributed by atoms with Gasteiger partial charge in [-0.15, -0.1) is 0 Å². The molecule has 0 atom stereocenters. The average Bonchev–Trinajstić information content (AvgIpc) is 3.47. The average molecular weight is 545 g/mol. The molecule has 2 heterocycles. The Hall–Kier alpha value is -3.60. The van der Waals surface area contributed by atoms with Gasteiger partial charge in [0.15, 0.2) is 0 Å². The Morgan fingerprint density at radius 2 is 1.87 bits per heavy atom. The predicted octanol–water partition coefficient (Wildman–Crippen LogP) is 4.25. The molecule has 0 bridgehead atoms. The van der Waals surface area contributed by atoms with Crippen LogP contribution in [0, 0.1) is 12.7 Å². The van der Waals surface area contributed by atoms with Gasteiger partial charge in [0.1, 0.15) is 12.4 Å². The molecular formula is C28H35F3N6O2. The largest absolute Gasteiger partial charge is 0.355 e. The summed E-state index contributed by atoms with van der Waals surface area (Å²) in [6, 6.07) is 8.18. The third-order valence-corrected chi connectivity index (χ3v) is 6.96. The molecule has 3 aromatic rings. The molecule has 210 valence electrons. The van der Waals surface area contributed by atoms with Crippen LogP contribution in [0.25, 0.3) is 10.9 Å². The standard InChI is InChI=1S/C28H35F3N6O2/c1-4-5-6-9-32-27(38)17-35(25-12-22-13-36(16-26(30)31)33-24(22)10-19(25)2)18-28(39)34(3)37-14-20-7-8-23(29)11-21(20)15-37/h7-8,10-13,26H,4-6,9,14-18H2,1-3H3,(H,32,38). The second kappa shape index (κ2) is 12.5. The number of nitrogens with one attached hydrogen (secondary N) is 1. The lowest BCUT2D eigenvalue weighted by atomic mass is 10.1. The number of anilines is 1. The Kier molecular flexibility index (Phi) is 9.11. The topological polar surface area (TPSA) is 73.7 Å². The van der Waals surface area contributed by atoms with Crippen LogP contribution >= 0.6 is 0 Å². The van der Waals surface area contributed by atoms with Crippen molar-refractivity contribution in [2.45, 2.75) is 59.2 Å². The van der Waals surface area contributed by atoms with Gasteiger partial charge in [-0.1, -0.05) is 25.8 Å². The highest BCUT2D eigenvalue weighted by molar-refractivity contribution is 5.90. The molecule has 1 aliphatic heterocycles. The third-order valence-electron chi connectivity index (χ3n) is 6.96. The summed E-state index contributed by atoms with van der Waals surface area (Å²) < 4.78 is 40.7. The maximum atomic E-state index is 13.7. The SMILES string of the molecule is CCCCCNC(=O)CN(CC(=O)N(C)N1Cc2ccc(F)cc2C1)c1cc2cn(CC(F)F)nc2cc1C. The fourth-order valence-corrected chi connectivity index (χ4v) is 4.83. The number of unbranched alkanes of at least 4 members (excludes halogenated alkanes) is 2. The molecule has 8 nitrogen and oxygen atoms in total. The first kappa shape index (κ1) is 28.4. The predicted molar refractivity (Wildman–Crippen MR) is 144 cm³/mol. The summed E-state index contributed by atoms with van der Waals surface area (Å²) >= 11 is 0. The number of hydrogen-bond acceptors (Lipinski definition) is 5. The van der Waals surface area contributed by atoms with E-state index in [1.54, 1.807) is 36.3 Å². The minimum Gasteiger partial charge on any atom is -0.355 e. The summed E-state index contributed by atoms with van der Waals surface area (Å²) in [5.41, 5.74) is 3.77. The van der Waals surface area contributed by atoms with E-state index in [4.69, 9.17) is 0 Å². The van der Waals surface area contributed by atoms with Crippen LogP contribution < -0.4 is 10.2 Å². The van der Waals surface area contributed by atoms with Gasteiger partial charge < -0.3 is 10.2 Å². The number of hydrazine groups is 1. The van der Waals surface area contributed by atoms with Gasteiger partial charge in [0.25, 0.3) is 12.3 Å². The number of amides is 2. The Labute approximate surface area is 226 Å². The normalized spacial score (nSPS) is 13.2. The number of likely N-dealkylation sites (N-methyl/N-ethyl adjacent to an activating group) is 1. The number of hydrogen-bond donors (Lipinski definition) is 1. The zero-order chi connectivity index (χ0) is 28.1. The highest BCUT2D eigenvalue weighted by Crippen LogP contribution is 2.28. The third kappa shape index (κ3) is 7.08. The lowest BCUT2D eigenvalue weighted by molar-refractivity contribution is -0.145. The van der Waals surface area contributed by atoms with Crippen molar-refractivity contribution in [2.75, 3.05) is 31.6 Å². The monoisotopic (exact) mass is 544 g/mol. The van der Waals surface area contributed by atoms with Crippen molar-refractivity contribution in [3.63, 3.8) is 0 Å². The van der Waals surface area contributed by atoms with E-state index >= 15 is 0 Å². The summed E-state index contributed by atoms with van der Waals surface area (Å²) in [5.74, 6) is -0.767. The Bertz CT molecular complexity index is 1330. The number of carbonyl (C=O) groups excluding carboxylic acids is 2. The molecule has 0 radical (unpaired) electrons. The van der Waals surface area contributed by atoms with Crippen LogP contribution in [-0.2, 0) is 29.2 Å². The number of fused-ring (bicyclic) bond motifs is 2. The van der Waals surface area contributed by atoms with Gasteiger partial charge in [0.2, 0.25) is 5.91 Å². The molecule has 0 spiro atoms. The molecule has 0 saturated carbocycles. The van der Waals surface area contributed by atoms with E-state index in [1.807, 2.05) is 11.9 Å². The molecule has 1 aliphatic rings. The van der Waals surface area contributed by atoms with E-state index in [0.29, 0.717) is 36.2 Å². The molecule has 1 N–H and O–H groups in total. The maximum Gasteiger partial charge on any atom is 0.257 e. The Balaban J connectivity index is 1.54. The highest BCUT2D eigenvalue weighted by Gasteiger charge is 2.27. The first-order chi connectivity index (χ1) is 18.6. The molecule has 39 heavy (non-hydrogen) atoms. The van der Waals surface area contributed by atoms with Gasteiger partial charge in [-0.3, -0.25) is 19.3 Å². The lowest BCUT2D eigenvalue weighted by Gasteiger charge is -2.32. The number of aryl methyl sites for hydroxylation is 1. The van der Waals surface area contributed by atoms with Crippen molar-refractivity contribution in [3.05, 3.63) is 59.0 Å². The number of alkyl halides is 2. The molecule has 0 fully saturated rings. The molecule has 2 aromatic carbocycles. The van der Waals surface area contributed by atoms with Crippen molar-refractivity contribution in [1.82, 2.24) is 25.1 Å². The lowest BCUT2D eigenvalue weighted by Crippen LogP contribution is -2.48. The number of carbonyl (C=O) groups is 2. The van der Waals surface area contributed by atoms with Gasteiger partial charge in [0.05, 0.1) is 18.6 Å². The van der Waals surface area contributed by atoms with Crippen LogP contribution in [0.5, 0.6) is 0 Å². The number of rotatable bonds is 12. The quantitative estimate of drug-likeness (QED) is 0.345. The van der Waals surface area contributed by atoms with Crippen LogP contribution in [0.4, 0.5) is 18.9 Å². The van der Waals surface area contributed by atoms with Crippen molar-refractivity contribution in [3.8, 4) is 0 Å². The van der Waals surface area contributed by atoms with Crippen LogP contribution in [0.2, 0.25) is 0 Å². The molecule has 0 unspecified atom stereocenters. The van der Waals surface area contributed by atoms with Gasteiger partial charge in [-0.2, -0.15) is 5.10 Å². The zero-order valence-corrected chi connectivity index (χ0v) is 22.6. The first-order valence-corrected chi connectivity index (χ1v) is 13.2. The summed E-state index contributed by atoms with van der Waals surface area (Å²) in [7, 11) is 1.66. The van der Waals surface area contributed by atoms with Gasteiger partial charge in [-0.05, 0) is 54.3 Å². The van der Waals surface area contributed by atoms with Crippen molar-refractivity contribution in [2.24, 2.45) is 0 Å².